The molecule has 1 aliphatic rings. The molecule has 5 rings (SSSR count). The van der Waals surface area contributed by atoms with E-state index in [-0.39, 0.29) is 0 Å². The lowest BCUT2D eigenvalue weighted by Crippen LogP contribution is -2.46. The second-order valence-electron chi connectivity index (χ2n) is 9.56. The number of ether oxygens (including phenoxy) is 4. The molecular formula is C31H34ClN3O4. The fraction of sp³-hybridized carbons (Fsp3) is 0.323. The van der Waals surface area contributed by atoms with E-state index in [9.17, 15) is 0 Å². The predicted molar refractivity (Wildman–Crippen MR) is 156 cm³/mol. The molecule has 0 aliphatic carbocycles. The van der Waals surface area contributed by atoms with Crippen molar-refractivity contribution >= 4 is 28.1 Å². The number of piperazine rings is 1. The van der Waals surface area contributed by atoms with E-state index in [1.807, 2.05) is 48.7 Å². The Balaban J connectivity index is 1.43. The second-order valence-corrected chi connectivity index (χ2v) is 9.97. The van der Waals surface area contributed by atoms with Gasteiger partial charge in [-0.05, 0) is 52.9 Å². The zero-order valence-electron chi connectivity index (χ0n) is 22.9. The van der Waals surface area contributed by atoms with E-state index < -0.39 is 0 Å². The summed E-state index contributed by atoms with van der Waals surface area (Å²) in [5, 5.41) is 2.97. The maximum atomic E-state index is 6.45. The second kappa shape index (κ2) is 12.0. The highest BCUT2D eigenvalue weighted by Crippen LogP contribution is 2.37. The van der Waals surface area contributed by atoms with Crippen LogP contribution in [-0.4, -0.2) is 64.5 Å². The minimum atomic E-state index is 0.642. The molecular weight excluding hydrogens is 514 g/mol. The average Bonchev–Trinajstić information content (AvgIpc) is 2.98. The summed E-state index contributed by atoms with van der Waals surface area (Å²) in [4.78, 5) is 9.77. The molecule has 0 saturated carbocycles. The number of hydrogen-bond acceptors (Lipinski definition) is 7. The van der Waals surface area contributed by atoms with Gasteiger partial charge in [0.15, 0.2) is 23.0 Å². The molecule has 1 aromatic heterocycles. The van der Waals surface area contributed by atoms with Crippen LogP contribution in [0.5, 0.6) is 23.0 Å². The van der Waals surface area contributed by atoms with Crippen molar-refractivity contribution in [3.8, 4) is 23.0 Å². The number of aromatic nitrogens is 1. The minimum Gasteiger partial charge on any atom is -0.493 e. The Morgan fingerprint density at radius 3 is 2.05 bits per heavy atom. The number of benzene rings is 3. The number of anilines is 1. The molecule has 7 nitrogen and oxygen atoms in total. The monoisotopic (exact) mass is 547 g/mol. The first kappa shape index (κ1) is 26.9. The van der Waals surface area contributed by atoms with Gasteiger partial charge in [-0.3, -0.25) is 9.88 Å². The van der Waals surface area contributed by atoms with Gasteiger partial charge in [0.2, 0.25) is 0 Å². The van der Waals surface area contributed by atoms with Crippen LogP contribution >= 0.6 is 11.6 Å². The van der Waals surface area contributed by atoms with Crippen molar-refractivity contribution in [3.63, 3.8) is 0 Å². The number of fused-ring (bicyclic) bond motifs is 1. The van der Waals surface area contributed by atoms with Gasteiger partial charge in [0, 0.05) is 50.7 Å². The van der Waals surface area contributed by atoms with Crippen LogP contribution in [0.3, 0.4) is 0 Å². The zero-order valence-corrected chi connectivity index (χ0v) is 23.6. The highest BCUT2D eigenvalue weighted by molar-refractivity contribution is 6.33. The summed E-state index contributed by atoms with van der Waals surface area (Å²) >= 11 is 6.45. The lowest BCUT2D eigenvalue weighted by atomic mass is 9.99. The van der Waals surface area contributed by atoms with E-state index in [0.717, 1.165) is 71.0 Å². The normalized spacial score (nSPS) is 13.9. The first-order chi connectivity index (χ1) is 19.0. The van der Waals surface area contributed by atoms with Gasteiger partial charge in [0.1, 0.15) is 0 Å². The third-order valence-corrected chi connectivity index (χ3v) is 7.66. The van der Waals surface area contributed by atoms with Crippen molar-refractivity contribution in [3.05, 3.63) is 82.6 Å². The Hall–Kier alpha value is -3.68. The van der Waals surface area contributed by atoms with Crippen molar-refractivity contribution in [1.82, 2.24) is 9.88 Å². The molecule has 39 heavy (non-hydrogen) atoms. The van der Waals surface area contributed by atoms with Crippen LogP contribution in [0.25, 0.3) is 10.8 Å². The molecule has 1 fully saturated rings. The average molecular weight is 548 g/mol. The van der Waals surface area contributed by atoms with E-state index in [0.29, 0.717) is 29.4 Å². The molecule has 0 N–H and O–H groups in total. The molecule has 0 radical (unpaired) electrons. The van der Waals surface area contributed by atoms with Gasteiger partial charge in [-0.2, -0.15) is 0 Å². The number of nitrogens with zero attached hydrogens (tertiary/aromatic N) is 3. The third kappa shape index (κ3) is 5.70. The largest absolute Gasteiger partial charge is 0.493 e. The van der Waals surface area contributed by atoms with Crippen molar-refractivity contribution < 1.29 is 18.9 Å². The summed E-state index contributed by atoms with van der Waals surface area (Å²) in [5.74, 6) is 2.80. The lowest BCUT2D eigenvalue weighted by molar-refractivity contribution is 0.250. The standard InChI is InChI=1S/C31H34ClN3O4/c1-36-28-10-9-21(16-29(28)37-2)15-26-24-18-31(39-4)30(38-3)17-23(24)22(19-33-26)20-34-11-13-35(14-12-34)27-8-6-5-7-25(27)32/h5-10,16-19H,11-15,20H2,1-4H3. The van der Waals surface area contributed by atoms with Crippen molar-refractivity contribution in [1.29, 1.82) is 0 Å². The Morgan fingerprint density at radius 2 is 1.38 bits per heavy atom. The highest BCUT2D eigenvalue weighted by atomic mass is 35.5. The molecule has 4 aromatic rings. The number of methoxy groups -OCH3 is 4. The van der Waals surface area contributed by atoms with Crippen LogP contribution in [0.15, 0.2) is 60.8 Å². The van der Waals surface area contributed by atoms with Crippen LogP contribution in [0, 0.1) is 0 Å². The van der Waals surface area contributed by atoms with Gasteiger partial charge in [0.25, 0.3) is 0 Å². The number of halogens is 1. The summed E-state index contributed by atoms with van der Waals surface area (Å²) < 4.78 is 22.2. The first-order valence-electron chi connectivity index (χ1n) is 13.0. The van der Waals surface area contributed by atoms with Crippen molar-refractivity contribution in [2.45, 2.75) is 13.0 Å². The number of pyridine rings is 1. The topological polar surface area (TPSA) is 56.3 Å². The molecule has 8 heteroatoms. The maximum Gasteiger partial charge on any atom is 0.161 e. The van der Waals surface area contributed by atoms with Gasteiger partial charge in [-0.1, -0.05) is 29.8 Å². The van der Waals surface area contributed by atoms with E-state index in [1.165, 1.54) is 0 Å². The Kier molecular flexibility index (Phi) is 8.29. The highest BCUT2D eigenvalue weighted by Gasteiger charge is 2.21. The van der Waals surface area contributed by atoms with Crippen molar-refractivity contribution in [2.24, 2.45) is 0 Å². The predicted octanol–water partition coefficient (Wildman–Crippen LogP) is 5.84. The Labute approximate surface area is 234 Å². The maximum absolute atomic E-state index is 6.45. The molecule has 1 aliphatic heterocycles. The van der Waals surface area contributed by atoms with Gasteiger partial charge in [-0.25, -0.2) is 0 Å². The SMILES string of the molecule is COc1ccc(Cc2ncc(CN3CCN(c4ccccc4Cl)CC3)c3cc(OC)c(OC)cc23)cc1OC. The van der Waals surface area contributed by atoms with Crippen LogP contribution in [-0.2, 0) is 13.0 Å². The van der Waals surface area contributed by atoms with Crippen LogP contribution < -0.4 is 23.8 Å². The molecule has 204 valence electrons. The lowest BCUT2D eigenvalue weighted by Gasteiger charge is -2.36. The Bertz CT molecular complexity index is 1450. The molecule has 0 amide bonds. The van der Waals surface area contributed by atoms with Gasteiger partial charge >= 0.3 is 0 Å². The molecule has 1 saturated heterocycles. The summed E-state index contributed by atoms with van der Waals surface area (Å²) in [6, 6.07) is 18.1. The quantitative estimate of drug-likeness (QED) is 0.261. The van der Waals surface area contributed by atoms with Crippen LogP contribution in [0.1, 0.15) is 16.8 Å². The third-order valence-electron chi connectivity index (χ3n) is 7.34. The van der Waals surface area contributed by atoms with Gasteiger partial charge in [-0.15, -0.1) is 0 Å². The molecule has 0 bridgehead atoms. The van der Waals surface area contributed by atoms with E-state index in [1.54, 1.807) is 28.4 Å². The minimum absolute atomic E-state index is 0.642. The van der Waals surface area contributed by atoms with Gasteiger partial charge < -0.3 is 23.8 Å². The fourth-order valence-electron chi connectivity index (χ4n) is 5.23. The van der Waals surface area contributed by atoms with Crippen LogP contribution in [0.4, 0.5) is 5.69 Å². The molecule has 0 atom stereocenters. The first-order valence-corrected chi connectivity index (χ1v) is 13.4. The van der Waals surface area contributed by atoms with Gasteiger partial charge in [0.05, 0.1) is 44.8 Å². The zero-order chi connectivity index (χ0) is 27.4. The smallest absolute Gasteiger partial charge is 0.161 e. The number of hydrogen-bond donors (Lipinski definition) is 0. The van der Waals surface area contributed by atoms with Crippen LogP contribution in [0.2, 0.25) is 5.02 Å². The fourth-order valence-corrected chi connectivity index (χ4v) is 5.48. The molecule has 0 spiro atoms. The number of rotatable bonds is 9. The summed E-state index contributed by atoms with van der Waals surface area (Å²) in [6.45, 7) is 4.51. The summed E-state index contributed by atoms with van der Waals surface area (Å²) in [5.41, 5.74) is 4.31. The summed E-state index contributed by atoms with van der Waals surface area (Å²) in [6.07, 6.45) is 2.65. The summed E-state index contributed by atoms with van der Waals surface area (Å²) in [7, 11) is 6.62. The Morgan fingerprint density at radius 1 is 0.744 bits per heavy atom. The number of para-hydroxylation sites is 1. The van der Waals surface area contributed by atoms with E-state index >= 15 is 0 Å². The molecule has 2 heterocycles. The molecule has 3 aromatic carbocycles. The van der Waals surface area contributed by atoms with E-state index in [2.05, 4.69) is 21.9 Å². The van der Waals surface area contributed by atoms with Crippen molar-refractivity contribution in [2.75, 3.05) is 59.5 Å². The van der Waals surface area contributed by atoms with E-state index in [4.69, 9.17) is 35.5 Å². The molecule has 0 unspecified atom stereocenters.